The summed E-state index contributed by atoms with van der Waals surface area (Å²) in [5, 5.41) is 10.6. The second kappa shape index (κ2) is 17.0. The summed E-state index contributed by atoms with van der Waals surface area (Å²) >= 11 is 19.5. The van der Waals surface area contributed by atoms with E-state index in [1.807, 2.05) is 49.3 Å². The molecule has 0 bridgehead atoms. The van der Waals surface area contributed by atoms with E-state index in [2.05, 4.69) is 4.90 Å². The lowest BCUT2D eigenvalue weighted by Crippen LogP contribution is -2.35. The highest BCUT2D eigenvalue weighted by atomic mass is 35.5. The molecule has 2 aliphatic heterocycles. The zero-order valence-electron chi connectivity index (χ0n) is 26.7. The SMILES string of the molecule is CN(C)CCOc1ccc(-c2ccc(Cl)cc2Cl)cc1/C=C1\SC(=S)N(CCCOc2ccc(C(=O)O)cc2CN2CCOCC2)C1=O. The molecule has 0 unspecified atom stereocenters. The number of morpholine rings is 1. The standard InChI is InChI=1S/C35H37Cl2N3O6S2/c1-38(2)11-17-46-30-8-4-23(28-7-6-27(36)21-29(28)37)18-25(30)20-32-33(41)40(35(47)48-32)10-3-14-45-31-9-5-24(34(42)43)19-26(31)22-39-12-15-44-16-13-39/h4-9,18-21H,3,10-17,22H2,1-2H3,(H,42,43)/b32-20-. The van der Waals surface area contributed by atoms with Crippen LogP contribution in [0.5, 0.6) is 11.5 Å². The molecule has 13 heteroatoms. The number of rotatable bonds is 14. The first-order chi connectivity index (χ1) is 23.1. The number of aromatic carboxylic acids is 1. The van der Waals surface area contributed by atoms with E-state index in [-0.39, 0.29) is 11.5 Å². The molecule has 0 aromatic heterocycles. The molecule has 0 spiro atoms. The molecule has 5 rings (SSSR count). The van der Waals surface area contributed by atoms with Crippen LogP contribution in [-0.4, -0.2) is 103 Å². The van der Waals surface area contributed by atoms with E-state index >= 15 is 0 Å². The van der Waals surface area contributed by atoms with E-state index < -0.39 is 5.97 Å². The van der Waals surface area contributed by atoms with Gasteiger partial charge in [0.05, 0.1) is 30.3 Å². The summed E-state index contributed by atoms with van der Waals surface area (Å²) in [6.07, 6.45) is 2.34. The number of carbonyl (C=O) groups is 2. The van der Waals surface area contributed by atoms with Crippen LogP contribution in [0.1, 0.15) is 27.9 Å². The fraction of sp³-hybridized carbons (Fsp3) is 0.343. The average molecular weight is 731 g/mol. The smallest absolute Gasteiger partial charge is 0.335 e. The first-order valence-electron chi connectivity index (χ1n) is 15.5. The summed E-state index contributed by atoms with van der Waals surface area (Å²) in [5.74, 6) is 0.100. The van der Waals surface area contributed by atoms with Gasteiger partial charge in [0.1, 0.15) is 22.4 Å². The fourth-order valence-corrected chi connectivity index (χ4v) is 7.05. The number of likely N-dealkylation sites (N-methyl/N-ethyl adjacent to an activating group) is 1. The molecule has 254 valence electrons. The van der Waals surface area contributed by atoms with E-state index in [1.54, 1.807) is 35.2 Å². The van der Waals surface area contributed by atoms with E-state index in [0.717, 1.165) is 41.9 Å². The van der Waals surface area contributed by atoms with Crippen molar-refractivity contribution in [2.24, 2.45) is 0 Å². The monoisotopic (exact) mass is 729 g/mol. The molecule has 0 atom stereocenters. The summed E-state index contributed by atoms with van der Waals surface area (Å²) in [7, 11) is 3.96. The maximum absolute atomic E-state index is 13.6. The number of carbonyl (C=O) groups excluding carboxylic acids is 1. The number of amides is 1. The number of benzene rings is 3. The molecule has 0 radical (unpaired) electrons. The Labute approximate surface area is 300 Å². The van der Waals surface area contributed by atoms with Crippen molar-refractivity contribution in [3.63, 3.8) is 0 Å². The highest BCUT2D eigenvalue weighted by Crippen LogP contribution is 2.37. The maximum Gasteiger partial charge on any atom is 0.335 e. The summed E-state index contributed by atoms with van der Waals surface area (Å²) in [6.45, 7) is 5.28. The molecule has 0 saturated carbocycles. The lowest BCUT2D eigenvalue weighted by molar-refractivity contribution is -0.122. The largest absolute Gasteiger partial charge is 0.493 e. The van der Waals surface area contributed by atoms with Gasteiger partial charge in [-0.2, -0.15) is 0 Å². The minimum atomic E-state index is -0.986. The van der Waals surface area contributed by atoms with Gasteiger partial charge in [-0.25, -0.2) is 4.79 Å². The molecule has 0 aliphatic carbocycles. The van der Waals surface area contributed by atoms with Gasteiger partial charge in [-0.3, -0.25) is 14.6 Å². The van der Waals surface area contributed by atoms with Gasteiger partial charge >= 0.3 is 5.97 Å². The molecule has 2 saturated heterocycles. The van der Waals surface area contributed by atoms with Gasteiger partial charge < -0.3 is 24.2 Å². The molecular weight excluding hydrogens is 693 g/mol. The van der Waals surface area contributed by atoms with Crippen LogP contribution in [0.4, 0.5) is 0 Å². The van der Waals surface area contributed by atoms with Crippen LogP contribution in [0.3, 0.4) is 0 Å². The molecular formula is C35H37Cl2N3O6S2. The number of carboxylic acids is 1. The Kier molecular flexibility index (Phi) is 12.8. The van der Waals surface area contributed by atoms with E-state index in [0.29, 0.717) is 76.7 Å². The third kappa shape index (κ3) is 9.50. The number of carboxylic acid groups (broad SMARTS) is 1. The Morgan fingerprint density at radius 1 is 1.04 bits per heavy atom. The van der Waals surface area contributed by atoms with Gasteiger partial charge in [-0.05, 0) is 74.6 Å². The lowest BCUT2D eigenvalue weighted by Gasteiger charge is -2.27. The Bertz CT molecular complexity index is 1700. The number of thiocarbonyl (C=S) groups is 1. The predicted octanol–water partition coefficient (Wildman–Crippen LogP) is 6.80. The van der Waals surface area contributed by atoms with Gasteiger partial charge in [0.2, 0.25) is 0 Å². The molecule has 9 nitrogen and oxygen atoms in total. The summed E-state index contributed by atoms with van der Waals surface area (Å²) in [4.78, 5) is 31.5. The molecule has 48 heavy (non-hydrogen) atoms. The van der Waals surface area contributed by atoms with Crippen molar-refractivity contribution in [3.8, 4) is 22.6 Å². The van der Waals surface area contributed by atoms with Crippen molar-refractivity contribution in [1.82, 2.24) is 14.7 Å². The van der Waals surface area contributed by atoms with Crippen LogP contribution in [0.15, 0.2) is 59.5 Å². The second-order valence-electron chi connectivity index (χ2n) is 11.6. The van der Waals surface area contributed by atoms with Gasteiger partial charge in [0, 0.05) is 59.5 Å². The molecule has 3 aromatic carbocycles. The number of thioether (sulfide) groups is 1. The fourth-order valence-electron chi connectivity index (χ4n) is 5.24. The average Bonchev–Trinajstić information content (AvgIpc) is 3.31. The van der Waals surface area contributed by atoms with Crippen LogP contribution in [-0.2, 0) is 16.1 Å². The van der Waals surface area contributed by atoms with Gasteiger partial charge in [-0.1, -0.05) is 59.3 Å². The number of nitrogens with zero attached hydrogens (tertiary/aromatic N) is 3. The van der Waals surface area contributed by atoms with Gasteiger partial charge in [-0.15, -0.1) is 0 Å². The van der Waals surface area contributed by atoms with Crippen LogP contribution in [0.25, 0.3) is 17.2 Å². The Morgan fingerprint density at radius 3 is 2.52 bits per heavy atom. The highest BCUT2D eigenvalue weighted by Gasteiger charge is 2.32. The minimum absolute atomic E-state index is 0.182. The zero-order chi connectivity index (χ0) is 34.2. The molecule has 3 aromatic rings. The molecule has 2 aliphatic rings. The third-order valence-corrected chi connectivity index (χ3v) is 9.72. The molecule has 2 heterocycles. The number of ether oxygens (including phenoxy) is 3. The highest BCUT2D eigenvalue weighted by molar-refractivity contribution is 8.26. The van der Waals surface area contributed by atoms with Crippen molar-refractivity contribution >= 4 is 69.5 Å². The topological polar surface area (TPSA) is 91.8 Å². The number of halogens is 2. The van der Waals surface area contributed by atoms with Crippen molar-refractivity contribution in [2.75, 3.05) is 66.7 Å². The lowest BCUT2D eigenvalue weighted by atomic mass is 10.0. The zero-order valence-corrected chi connectivity index (χ0v) is 29.9. The van der Waals surface area contributed by atoms with Crippen LogP contribution in [0.2, 0.25) is 10.0 Å². The first-order valence-corrected chi connectivity index (χ1v) is 17.5. The summed E-state index contributed by atoms with van der Waals surface area (Å²) < 4.78 is 18.2. The van der Waals surface area contributed by atoms with Crippen molar-refractivity contribution < 1.29 is 28.9 Å². The first kappa shape index (κ1) is 36.1. The second-order valence-corrected chi connectivity index (χ2v) is 14.1. The maximum atomic E-state index is 13.6. The molecule has 1 N–H and O–H groups in total. The van der Waals surface area contributed by atoms with Crippen molar-refractivity contribution in [2.45, 2.75) is 13.0 Å². The van der Waals surface area contributed by atoms with Crippen LogP contribution < -0.4 is 9.47 Å². The van der Waals surface area contributed by atoms with E-state index in [9.17, 15) is 14.7 Å². The van der Waals surface area contributed by atoms with Crippen molar-refractivity contribution in [3.05, 3.63) is 86.2 Å². The normalized spacial score (nSPS) is 16.3. The Balaban J connectivity index is 1.27. The molecule has 2 fully saturated rings. The van der Waals surface area contributed by atoms with Crippen LogP contribution >= 0.6 is 47.2 Å². The van der Waals surface area contributed by atoms with E-state index in [1.165, 1.54) is 11.8 Å². The predicted molar refractivity (Wildman–Crippen MR) is 195 cm³/mol. The minimum Gasteiger partial charge on any atom is -0.493 e. The number of hydrogen-bond acceptors (Lipinski definition) is 9. The Hall–Kier alpha value is -3.16. The van der Waals surface area contributed by atoms with Crippen molar-refractivity contribution in [1.29, 1.82) is 0 Å². The third-order valence-electron chi connectivity index (χ3n) is 7.80. The van der Waals surface area contributed by atoms with Crippen LogP contribution in [0, 0.1) is 0 Å². The van der Waals surface area contributed by atoms with Gasteiger partial charge in [0.15, 0.2) is 0 Å². The summed E-state index contributed by atoms with van der Waals surface area (Å²) in [5.41, 5.74) is 3.42. The van der Waals surface area contributed by atoms with E-state index in [4.69, 9.17) is 49.6 Å². The quantitative estimate of drug-likeness (QED) is 0.109. The molecule has 1 amide bonds. The number of hydrogen-bond donors (Lipinski definition) is 1. The van der Waals surface area contributed by atoms with Gasteiger partial charge in [0.25, 0.3) is 5.91 Å². The Morgan fingerprint density at radius 2 is 1.79 bits per heavy atom. The summed E-state index contributed by atoms with van der Waals surface area (Å²) in [6, 6.07) is 16.0.